The molecule has 1 aliphatic carbocycles. The molecule has 0 bridgehead atoms. The van der Waals surface area contributed by atoms with Crippen LogP contribution in [-0.4, -0.2) is 46.3 Å². The third-order valence-corrected chi connectivity index (χ3v) is 6.72. The number of benzene rings is 2. The summed E-state index contributed by atoms with van der Waals surface area (Å²) in [5.74, 6) is -0.978. The fraction of sp³-hybridized carbons (Fsp3) is 0.375. The van der Waals surface area contributed by atoms with Crippen LogP contribution in [0.15, 0.2) is 54.6 Å². The number of carbonyl (C=O) groups excluding carboxylic acids is 3. The Morgan fingerprint density at radius 3 is 2.57 bits per heavy atom. The summed E-state index contributed by atoms with van der Waals surface area (Å²) in [6.07, 6.45) is 0.851. The van der Waals surface area contributed by atoms with Crippen molar-refractivity contribution in [2.45, 2.75) is 44.4 Å². The smallest absolute Gasteiger partial charge is 0.410 e. The average Bonchev–Trinajstić information content (AvgIpc) is 3.27. The molecule has 5 rings (SSSR count). The van der Waals surface area contributed by atoms with Crippen molar-refractivity contribution < 1.29 is 19.1 Å². The quantitative estimate of drug-likeness (QED) is 0.738. The van der Waals surface area contributed by atoms with Gasteiger partial charge in [-0.2, -0.15) is 0 Å². The Morgan fingerprint density at radius 1 is 1.07 bits per heavy atom. The second-order valence-electron chi connectivity index (χ2n) is 8.37. The van der Waals surface area contributed by atoms with Gasteiger partial charge in [0.1, 0.15) is 6.61 Å². The zero-order valence-electron chi connectivity index (χ0n) is 16.9. The zero-order chi connectivity index (χ0) is 20.8. The predicted octanol–water partition coefficient (Wildman–Crippen LogP) is 3.11. The van der Waals surface area contributed by atoms with Gasteiger partial charge in [-0.05, 0) is 29.5 Å². The van der Waals surface area contributed by atoms with E-state index in [1.807, 2.05) is 61.5 Å². The van der Waals surface area contributed by atoms with Crippen molar-refractivity contribution in [3.63, 3.8) is 0 Å². The van der Waals surface area contributed by atoms with E-state index < -0.39 is 12.0 Å². The van der Waals surface area contributed by atoms with Gasteiger partial charge in [0.2, 0.25) is 11.8 Å². The summed E-state index contributed by atoms with van der Waals surface area (Å²) in [4.78, 5) is 42.1. The van der Waals surface area contributed by atoms with Crippen LogP contribution < -0.4 is 0 Å². The molecular weight excluding hydrogens is 380 g/mol. The van der Waals surface area contributed by atoms with E-state index in [0.29, 0.717) is 19.4 Å². The fourth-order valence-electron chi connectivity index (χ4n) is 5.15. The normalized spacial score (nSPS) is 26.8. The molecule has 4 atom stereocenters. The molecule has 1 unspecified atom stereocenters. The van der Waals surface area contributed by atoms with Crippen LogP contribution in [0, 0.1) is 5.92 Å². The molecular formula is C24H24N2O4. The van der Waals surface area contributed by atoms with Gasteiger partial charge in [-0.25, -0.2) is 4.79 Å². The molecule has 2 aromatic carbocycles. The number of ether oxygens (including phenoxy) is 1. The lowest BCUT2D eigenvalue weighted by molar-refractivity contribution is -0.146. The third-order valence-electron chi connectivity index (χ3n) is 6.72. The molecule has 0 saturated carbocycles. The van der Waals surface area contributed by atoms with Gasteiger partial charge in [0.15, 0.2) is 0 Å². The summed E-state index contributed by atoms with van der Waals surface area (Å²) < 4.78 is 5.50. The van der Waals surface area contributed by atoms with Crippen LogP contribution in [0.5, 0.6) is 0 Å². The molecule has 2 heterocycles. The van der Waals surface area contributed by atoms with E-state index in [0.717, 1.165) is 11.1 Å². The van der Waals surface area contributed by atoms with Crippen molar-refractivity contribution in [1.29, 1.82) is 0 Å². The van der Waals surface area contributed by atoms with Gasteiger partial charge in [-0.3, -0.25) is 14.5 Å². The van der Waals surface area contributed by atoms with Crippen LogP contribution >= 0.6 is 0 Å². The van der Waals surface area contributed by atoms with Gasteiger partial charge >= 0.3 is 6.09 Å². The van der Waals surface area contributed by atoms with Crippen LogP contribution in [-0.2, 0) is 27.4 Å². The number of hydrogen-bond acceptors (Lipinski definition) is 4. The van der Waals surface area contributed by atoms with Crippen molar-refractivity contribution in [2.75, 3.05) is 6.54 Å². The fourth-order valence-corrected chi connectivity index (χ4v) is 5.15. The van der Waals surface area contributed by atoms with E-state index in [2.05, 4.69) is 0 Å². The number of carbonyl (C=O) groups is 3. The summed E-state index contributed by atoms with van der Waals surface area (Å²) in [5.41, 5.74) is 3.10. The number of hydrogen-bond donors (Lipinski definition) is 0. The average molecular weight is 404 g/mol. The van der Waals surface area contributed by atoms with Crippen molar-refractivity contribution in [3.05, 3.63) is 71.3 Å². The molecule has 2 saturated heterocycles. The largest absolute Gasteiger partial charge is 0.445 e. The maximum absolute atomic E-state index is 13.2. The second kappa shape index (κ2) is 7.27. The molecule has 2 fully saturated rings. The van der Waals surface area contributed by atoms with Gasteiger partial charge in [-0.1, -0.05) is 61.5 Å². The molecule has 2 aliphatic heterocycles. The van der Waals surface area contributed by atoms with Gasteiger partial charge in [0, 0.05) is 6.54 Å². The van der Waals surface area contributed by atoms with E-state index in [9.17, 15) is 14.4 Å². The summed E-state index contributed by atoms with van der Waals surface area (Å²) in [7, 11) is 0. The van der Waals surface area contributed by atoms with E-state index in [4.69, 9.17) is 4.74 Å². The second-order valence-corrected chi connectivity index (χ2v) is 8.37. The number of imide groups is 1. The molecule has 0 aromatic heterocycles. The van der Waals surface area contributed by atoms with Crippen molar-refractivity contribution in [3.8, 4) is 0 Å². The van der Waals surface area contributed by atoms with Gasteiger partial charge < -0.3 is 9.64 Å². The number of likely N-dealkylation sites (tertiary alicyclic amines) is 2. The molecule has 30 heavy (non-hydrogen) atoms. The molecule has 2 aromatic rings. The molecule has 3 aliphatic rings. The first kappa shape index (κ1) is 18.9. The van der Waals surface area contributed by atoms with Crippen LogP contribution in [0.2, 0.25) is 0 Å². The molecule has 0 spiro atoms. The summed E-state index contributed by atoms with van der Waals surface area (Å²) in [6.45, 7) is 2.49. The topological polar surface area (TPSA) is 66.9 Å². The molecule has 6 nitrogen and oxygen atoms in total. The van der Waals surface area contributed by atoms with Gasteiger partial charge in [0.25, 0.3) is 0 Å². The highest BCUT2D eigenvalue weighted by Crippen LogP contribution is 2.42. The van der Waals surface area contributed by atoms with Crippen LogP contribution in [0.25, 0.3) is 0 Å². The number of fused-ring (bicyclic) bond motifs is 2. The SMILES string of the molecule is C[C@@H]1C(=O)N(C(=O)C2Cc3ccccc32)[C@H]2CCN(C(=O)OCc3ccccc3)[C@H]12. The van der Waals surface area contributed by atoms with E-state index in [1.54, 1.807) is 4.90 Å². The lowest BCUT2D eigenvalue weighted by Crippen LogP contribution is -2.46. The molecule has 3 amide bonds. The molecule has 0 N–H and O–H groups in total. The minimum absolute atomic E-state index is 0.127. The first-order valence-corrected chi connectivity index (χ1v) is 10.5. The molecule has 6 heteroatoms. The van der Waals surface area contributed by atoms with E-state index in [-0.39, 0.29) is 36.4 Å². The first-order chi connectivity index (χ1) is 14.6. The standard InChI is InChI=1S/C24H24N2O4/c1-15-21-20(11-12-25(21)24(29)30-14-16-7-3-2-4-8-16)26(22(15)27)23(28)19-13-17-9-5-6-10-18(17)19/h2-10,15,19-21H,11-14H2,1H3/t15-,19?,20-,21+/m0/s1. The highest BCUT2D eigenvalue weighted by Gasteiger charge is 2.56. The minimum atomic E-state index is -0.422. The minimum Gasteiger partial charge on any atom is -0.445 e. The Labute approximate surface area is 175 Å². The van der Waals surface area contributed by atoms with Crippen molar-refractivity contribution in [2.24, 2.45) is 5.92 Å². The van der Waals surface area contributed by atoms with Crippen molar-refractivity contribution in [1.82, 2.24) is 9.80 Å². The van der Waals surface area contributed by atoms with E-state index in [1.165, 1.54) is 10.5 Å². The lowest BCUT2D eigenvalue weighted by Gasteiger charge is -2.33. The van der Waals surface area contributed by atoms with Crippen LogP contribution in [0.4, 0.5) is 4.79 Å². The highest BCUT2D eigenvalue weighted by molar-refractivity contribution is 6.03. The Morgan fingerprint density at radius 2 is 1.80 bits per heavy atom. The van der Waals surface area contributed by atoms with Gasteiger partial charge in [0.05, 0.1) is 23.9 Å². The highest BCUT2D eigenvalue weighted by atomic mass is 16.6. The Hall–Kier alpha value is -3.15. The monoisotopic (exact) mass is 404 g/mol. The summed E-state index contributed by atoms with van der Waals surface area (Å²) in [6, 6.07) is 16.8. The Balaban J connectivity index is 1.30. The van der Waals surface area contributed by atoms with Crippen LogP contribution in [0.1, 0.15) is 36.0 Å². The number of rotatable bonds is 3. The van der Waals surface area contributed by atoms with Crippen molar-refractivity contribution >= 4 is 17.9 Å². The first-order valence-electron chi connectivity index (χ1n) is 10.5. The molecule has 0 radical (unpaired) electrons. The maximum atomic E-state index is 13.2. The third kappa shape index (κ3) is 2.90. The Bertz CT molecular complexity index is 1010. The molecule has 154 valence electrons. The van der Waals surface area contributed by atoms with Crippen LogP contribution in [0.3, 0.4) is 0 Å². The number of amides is 3. The lowest BCUT2D eigenvalue weighted by atomic mass is 9.76. The summed E-state index contributed by atoms with van der Waals surface area (Å²) in [5, 5.41) is 0. The Kier molecular flexibility index (Phi) is 4.57. The number of nitrogens with zero attached hydrogens (tertiary/aromatic N) is 2. The zero-order valence-corrected chi connectivity index (χ0v) is 16.9. The predicted molar refractivity (Wildman–Crippen MR) is 109 cm³/mol. The summed E-state index contributed by atoms with van der Waals surface area (Å²) >= 11 is 0. The maximum Gasteiger partial charge on any atom is 0.410 e. The van der Waals surface area contributed by atoms with E-state index >= 15 is 0 Å². The van der Waals surface area contributed by atoms with Gasteiger partial charge in [-0.15, -0.1) is 0 Å².